The van der Waals surface area contributed by atoms with Crippen LogP contribution >= 0.6 is 0 Å². The number of ether oxygens (including phenoxy) is 1. The average molecular weight is 187 g/mol. The van der Waals surface area contributed by atoms with Crippen molar-refractivity contribution in [3.8, 4) is 0 Å². The van der Waals surface area contributed by atoms with Gasteiger partial charge in [-0.2, -0.15) is 0 Å². The Hall–Kier alpha value is -0.120. The molecular formula is C10H21NO2. The smallest absolute Gasteiger partial charge is 0.0718 e. The van der Waals surface area contributed by atoms with Gasteiger partial charge in [-0.1, -0.05) is 0 Å². The van der Waals surface area contributed by atoms with Crippen LogP contribution in [0.5, 0.6) is 0 Å². The van der Waals surface area contributed by atoms with Crippen molar-refractivity contribution in [3.05, 3.63) is 0 Å². The van der Waals surface area contributed by atoms with Crippen molar-refractivity contribution in [3.63, 3.8) is 0 Å². The van der Waals surface area contributed by atoms with Crippen molar-refractivity contribution in [2.75, 3.05) is 26.2 Å². The second-order valence-electron chi connectivity index (χ2n) is 4.58. The zero-order chi connectivity index (χ0) is 9.90. The van der Waals surface area contributed by atoms with Gasteiger partial charge in [-0.25, -0.2) is 0 Å². The fourth-order valence-corrected chi connectivity index (χ4v) is 1.77. The van der Waals surface area contributed by atoms with Crippen LogP contribution in [-0.4, -0.2) is 48.0 Å². The zero-order valence-electron chi connectivity index (χ0n) is 8.92. The van der Waals surface area contributed by atoms with E-state index in [1.54, 1.807) is 0 Å². The van der Waals surface area contributed by atoms with Crippen LogP contribution in [0.4, 0.5) is 0 Å². The van der Waals surface area contributed by atoms with E-state index in [-0.39, 0.29) is 0 Å². The van der Waals surface area contributed by atoms with Gasteiger partial charge < -0.3 is 9.84 Å². The molecule has 1 unspecified atom stereocenters. The molecule has 1 heterocycles. The largest absolute Gasteiger partial charge is 0.389 e. The van der Waals surface area contributed by atoms with Crippen LogP contribution in [0.15, 0.2) is 0 Å². The lowest BCUT2D eigenvalue weighted by atomic mass is 10.1. The van der Waals surface area contributed by atoms with Crippen molar-refractivity contribution < 1.29 is 9.84 Å². The average Bonchev–Trinajstić information content (AvgIpc) is 2.10. The van der Waals surface area contributed by atoms with Gasteiger partial charge in [0.05, 0.1) is 11.7 Å². The van der Waals surface area contributed by atoms with Crippen LogP contribution in [0.1, 0.15) is 27.2 Å². The van der Waals surface area contributed by atoms with E-state index < -0.39 is 5.60 Å². The number of rotatable bonds is 2. The van der Waals surface area contributed by atoms with Crippen molar-refractivity contribution in [2.45, 2.75) is 38.9 Å². The van der Waals surface area contributed by atoms with Crippen LogP contribution in [0, 0.1) is 0 Å². The quantitative estimate of drug-likeness (QED) is 0.696. The second kappa shape index (κ2) is 4.40. The third-order valence-electron chi connectivity index (χ3n) is 2.15. The Morgan fingerprint density at radius 2 is 2.23 bits per heavy atom. The molecule has 3 heteroatoms. The standard InChI is InChI=1S/C10H21NO2/c1-9-7-11(5-4-6-13-9)8-10(2,3)12/h9,12H,4-8H2,1-3H3. The lowest BCUT2D eigenvalue weighted by Gasteiger charge is -2.28. The molecule has 1 aliphatic rings. The minimum absolute atomic E-state index is 0.296. The van der Waals surface area contributed by atoms with Crippen molar-refractivity contribution >= 4 is 0 Å². The molecule has 78 valence electrons. The van der Waals surface area contributed by atoms with Crippen molar-refractivity contribution in [2.24, 2.45) is 0 Å². The van der Waals surface area contributed by atoms with Crippen LogP contribution in [-0.2, 0) is 4.74 Å². The molecule has 3 nitrogen and oxygen atoms in total. The molecule has 1 rings (SSSR count). The molecule has 13 heavy (non-hydrogen) atoms. The van der Waals surface area contributed by atoms with Crippen LogP contribution < -0.4 is 0 Å². The molecule has 1 atom stereocenters. The molecule has 1 aliphatic heterocycles. The zero-order valence-corrected chi connectivity index (χ0v) is 8.92. The first-order valence-electron chi connectivity index (χ1n) is 5.04. The lowest BCUT2D eigenvalue weighted by Crippen LogP contribution is -2.41. The topological polar surface area (TPSA) is 32.7 Å². The first-order valence-corrected chi connectivity index (χ1v) is 5.04. The predicted molar refractivity (Wildman–Crippen MR) is 52.8 cm³/mol. The molecule has 0 aromatic rings. The molecule has 0 radical (unpaired) electrons. The Balaban J connectivity index is 2.39. The molecule has 0 saturated carbocycles. The summed E-state index contributed by atoms with van der Waals surface area (Å²) in [7, 11) is 0. The Kier molecular flexibility index (Phi) is 3.71. The highest BCUT2D eigenvalue weighted by atomic mass is 16.5. The highest BCUT2D eigenvalue weighted by Gasteiger charge is 2.21. The number of hydrogen-bond acceptors (Lipinski definition) is 3. The molecular weight excluding hydrogens is 166 g/mol. The van der Waals surface area contributed by atoms with Gasteiger partial charge >= 0.3 is 0 Å². The Morgan fingerprint density at radius 1 is 1.54 bits per heavy atom. The number of nitrogens with zero attached hydrogens (tertiary/aromatic N) is 1. The van der Waals surface area contributed by atoms with Crippen LogP contribution in [0.2, 0.25) is 0 Å². The molecule has 0 spiro atoms. The molecule has 0 bridgehead atoms. The third-order valence-corrected chi connectivity index (χ3v) is 2.15. The maximum Gasteiger partial charge on any atom is 0.0718 e. The number of aliphatic hydroxyl groups is 1. The Morgan fingerprint density at radius 3 is 2.85 bits per heavy atom. The minimum Gasteiger partial charge on any atom is -0.389 e. The summed E-state index contributed by atoms with van der Waals surface area (Å²) >= 11 is 0. The highest BCUT2D eigenvalue weighted by molar-refractivity contribution is 4.75. The number of β-amino-alcohol motifs (C(OH)–C–C–N with tert-alkyl or cyclic N) is 1. The molecule has 1 saturated heterocycles. The normalized spacial score (nSPS) is 27.2. The SMILES string of the molecule is CC1CN(CC(C)(C)O)CCCO1. The van der Waals surface area contributed by atoms with E-state index in [9.17, 15) is 5.11 Å². The summed E-state index contributed by atoms with van der Waals surface area (Å²) in [6.07, 6.45) is 1.37. The molecule has 1 fully saturated rings. The summed E-state index contributed by atoms with van der Waals surface area (Å²) in [4.78, 5) is 2.28. The van der Waals surface area contributed by atoms with E-state index >= 15 is 0 Å². The summed E-state index contributed by atoms with van der Waals surface area (Å²) in [6, 6.07) is 0. The minimum atomic E-state index is -0.593. The van der Waals surface area contributed by atoms with E-state index in [1.807, 2.05) is 13.8 Å². The van der Waals surface area contributed by atoms with Gasteiger partial charge in [-0.3, -0.25) is 4.90 Å². The molecule has 0 amide bonds. The monoisotopic (exact) mass is 187 g/mol. The fraction of sp³-hybridized carbons (Fsp3) is 1.00. The van der Waals surface area contributed by atoms with Gasteiger partial charge in [0.2, 0.25) is 0 Å². The molecule has 0 aromatic heterocycles. The predicted octanol–water partition coefficient (Wildman–Crippen LogP) is 0.868. The number of hydrogen-bond donors (Lipinski definition) is 1. The first-order chi connectivity index (χ1) is 5.97. The summed E-state index contributed by atoms with van der Waals surface area (Å²) < 4.78 is 5.52. The van der Waals surface area contributed by atoms with E-state index in [1.165, 1.54) is 0 Å². The third kappa shape index (κ3) is 4.60. The molecule has 1 N–H and O–H groups in total. The van der Waals surface area contributed by atoms with Gasteiger partial charge in [-0.15, -0.1) is 0 Å². The van der Waals surface area contributed by atoms with Gasteiger partial charge in [0.1, 0.15) is 0 Å². The van der Waals surface area contributed by atoms with Gasteiger partial charge in [0, 0.05) is 26.2 Å². The maximum atomic E-state index is 9.67. The maximum absolute atomic E-state index is 9.67. The van der Waals surface area contributed by atoms with Crippen LogP contribution in [0.3, 0.4) is 0 Å². The van der Waals surface area contributed by atoms with E-state index in [2.05, 4.69) is 11.8 Å². The summed E-state index contributed by atoms with van der Waals surface area (Å²) in [5.74, 6) is 0. The second-order valence-corrected chi connectivity index (χ2v) is 4.58. The summed E-state index contributed by atoms with van der Waals surface area (Å²) in [6.45, 7) is 9.35. The Labute approximate surface area is 80.7 Å². The fourth-order valence-electron chi connectivity index (χ4n) is 1.77. The highest BCUT2D eigenvalue weighted by Crippen LogP contribution is 2.10. The van der Waals surface area contributed by atoms with E-state index in [0.29, 0.717) is 6.10 Å². The summed E-state index contributed by atoms with van der Waals surface area (Å²) in [5, 5.41) is 9.67. The van der Waals surface area contributed by atoms with Crippen molar-refractivity contribution in [1.29, 1.82) is 0 Å². The first kappa shape index (κ1) is 11.0. The lowest BCUT2D eigenvalue weighted by molar-refractivity contribution is 0.0223. The van der Waals surface area contributed by atoms with Gasteiger partial charge in [0.15, 0.2) is 0 Å². The van der Waals surface area contributed by atoms with E-state index in [4.69, 9.17) is 4.74 Å². The van der Waals surface area contributed by atoms with Crippen LogP contribution in [0.25, 0.3) is 0 Å². The van der Waals surface area contributed by atoms with Gasteiger partial charge in [0.25, 0.3) is 0 Å². The van der Waals surface area contributed by atoms with Crippen molar-refractivity contribution in [1.82, 2.24) is 4.90 Å². The van der Waals surface area contributed by atoms with Gasteiger partial charge in [-0.05, 0) is 27.2 Å². The molecule has 0 aromatic carbocycles. The Bertz CT molecular complexity index is 153. The van der Waals surface area contributed by atoms with E-state index in [0.717, 1.165) is 32.7 Å². The summed E-state index contributed by atoms with van der Waals surface area (Å²) in [5.41, 5.74) is -0.593. The molecule has 0 aliphatic carbocycles.